The predicted octanol–water partition coefficient (Wildman–Crippen LogP) is 4.01. The zero-order chi connectivity index (χ0) is 14.0. The number of unbranched alkanes of at least 4 members (excludes halogenated alkanes) is 1. The number of carboxylic acids is 1. The molecular formula is C16H21NO2. The summed E-state index contributed by atoms with van der Waals surface area (Å²) in [5.74, 6) is -0.850. The first-order valence-corrected chi connectivity index (χ1v) is 6.94. The number of fused-ring (bicyclic) bond motifs is 1. The number of nitrogens with zero attached hydrogens (tertiary/aromatic N) is 1. The van der Waals surface area contributed by atoms with Crippen molar-refractivity contribution in [1.82, 2.24) is 4.57 Å². The lowest BCUT2D eigenvalue weighted by atomic mass is 10.0. The van der Waals surface area contributed by atoms with E-state index in [2.05, 4.69) is 31.5 Å². The van der Waals surface area contributed by atoms with Gasteiger partial charge in [-0.3, -0.25) is 0 Å². The Balaban J connectivity index is 2.65. The molecule has 0 atom stereocenters. The van der Waals surface area contributed by atoms with Gasteiger partial charge in [-0.05, 0) is 43.0 Å². The van der Waals surface area contributed by atoms with E-state index in [9.17, 15) is 9.90 Å². The van der Waals surface area contributed by atoms with Crippen molar-refractivity contribution in [3.8, 4) is 0 Å². The molecular weight excluding hydrogens is 238 g/mol. The standard InChI is InChI=1S/C16H21NO2/c1-4-6-7-17-10-11(3)14-9-13(16(18)19)8-12(5-2)15(14)17/h8-10H,4-7H2,1-3H3,(H,18,19). The highest BCUT2D eigenvalue weighted by Crippen LogP contribution is 2.27. The average molecular weight is 259 g/mol. The topological polar surface area (TPSA) is 42.2 Å². The number of aromatic nitrogens is 1. The van der Waals surface area contributed by atoms with Gasteiger partial charge in [0.2, 0.25) is 0 Å². The van der Waals surface area contributed by atoms with E-state index in [1.165, 1.54) is 5.52 Å². The van der Waals surface area contributed by atoms with Crippen LogP contribution in [0.4, 0.5) is 0 Å². The molecule has 1 heterocycles. The van der Waals surface area contributed by atoms with Crippen LogP contribution in [0.2, 0.25) is 0 Å². The number of carbonyl (C=O) groups is 1. The molecule has 0 aliphatic carbocycles. The Hall–Kier alpha value is -1.77. The minimum Gasteiger partial charge on any atom is -0.478 e. The molecule has 0 unspecified atom stereocenters. The molecule has 0 bridgehead atoms. The van der Waals surface area contributed by atoms with Gasteiger partial charge in [-0.15, -0.1) is 0 Å². The highest BCUT2D eigenvalue weighted by molar-refractivity contribution is 5.96. The Morgan fingerprint density at radius 2 is 2.05 bits per heavy atom. The molecule has 1 aromatic carbocycles. The van der Waals surface area contributed by atoms with E-state index >= 15 is 0 Å². The second kappa shape index (κ2) is 5.47. The molecule has 1 N–H and O–H groups in total. The van der Waals surface area contributed by atoms with E-state index in [1.54, 1.807) is 6.07 Å². The summed E-state index contributed by atoms with van der Waals surface area (Å²) in [6.07, 6.45) is 5.30. The number of hydrogen-bond acceptors (Lipinski definition) is 1. The molecule has 0 aliphatic heterocycles. The number of rotatable bonds is 5. The largest absolute Gasteiger partial charge is 0.478 e. The smallest absolute Gasteiger partial charge is 0.335 e. The second-order valence-electron chi connectivity index (χ2n) is 5.05. The van der Waals surface area contributed by atoms with Crippen LogP contribution < -0.4 is 0 Å². The van der Waals surface area contributed by atoms with Crippen molar-refractivity contribution in [2.24, 2.45) is 0 Å². The van der Waals surface area contributed by atoms with Crippen LogP contribution in [0.5, 0.6) is 0 Å². The maximum Gasteiger partial charge on any atom is 0.335 e. The highest BCUT2D eigenvalue weighted by Gasteiger charge is 2.13. The molecule has 2 rings (SSSR count). The normalized spacial score (nSPS) is 11.1. The van der Waals surface area contributed by atoms with Crippen LogP contribution in [0.15, 0.2) is 18.3 Å². The minimum atomic E-state index is -0.850. The minimum absolute atomic E-state index is 0.390. The van der Waals surface area contributed by atoms with Crippen molar-refractivity contribution in [2.75, 3.05) is 0 Å². The van der Waals surface area contributed by atoms with Crippen LogP contribution in [-0.2, 0) is 13.0 Å². The predicted molar refractivity (Wildman–Crippen MR) is 77.9 cm³/mol. The van der Waals surface area contributed by atoms with Gasteiger partial charge in [-0.25, -0.2) is 4.79 Å². The molecule has 0 amide bonds. The van der Waals surface area contributed by atoms with Crippen LogP contribution in [-0.4, -0.2) is 15.6 Å². The van der Waals surface area contributed by atoms with Crippen molar-refractivity contribution < 1.29 is 9.90 Å². The van der Waals surface area contributed by atoms with Gasteiger partial charge in [0.15, 0.2) is 0 Å². The highest BCUT2D eigenvalue weighted by atomic mass is 16.4. The van der Waals surface area contributed by atoms with Gasteiger partial charge in [0.05, 0.1) is 11.1 Å². The molecule has 0 saturated carbocycles. The SMILES string of the molecule is CCCCn1cc(C)c2cc(C(=O)O)cc(CC)c21. The summed E-state index contributed by atoms with van der Waals surface area (Å²) in [4.78, 5) is 11.2. The zero-order valence-electron chi connectivity index (χ0n) is 11.9. The number of benzene rings is 1. The van der Waals surface area contributed by atoms with Crippen LogP contribution in [0.3, 0.4) is 0 Å². The first kappa shape index (κ1) is 13.7. The third-order valence-corrected chi connectivity index (χ3v) is 3.63. The first-order chi connectivity index (χ1) is 9.08. The Morgan fingerprint density at radius 3 is 2.63 bits per heavy atom. The van der Waals surface area contributed by atoms with E-state index in [0.717, 1.165) is 42.3 Å². The third-order valence-electron chi connectivity index (χ3n) is 3.63. The van der Waals surface area contributed by atoms with E-state index < -0.39 is 5.97 Å². The Bertz CT molecular complexity index is 611. The summed E-state index contributed by atoms with van der Waals surface area (Å²) >= 11 is 0. The molecule has 0 saturated heterocycles. The monoisotopic (exact) mass is 259 g/mol. The molecule has 0 spiro atoms. The lowest BCUT2D eigenvalue weighted by Gasteiger charge is -2.09. The van der Waals surface area contributed by atoms with E-state index in [-0.39, 0.29) is 0 Å². The fourth-order valence-corrected chi connectivity index (χ4v) is 2.60. The summed E-state index contributed by atoms with van der Waals surface area (Å²) in [6.45, 7) is 7.31. The fraction of sp³-hybridized carbons (Fsp3) is 0.438. The Labute approximate surface area is 113 Å². The molecule has 2 aromatic rings. The summed E-state index contributed by atoms with van der Waals surface area (Å²) < 4.78 is 2.28. The third kappa shape index (κ3) is 2.50. The first-order valence-electron chi connectivity index (χ1n) is 6.94. The fourth-order valence-electron chi connectivity index (χ4n) is 2.60. The molecule has 0 aliphatic rings. The maximum atomic E-state index is 11.2. The average Bonchev–Trinajstić information content (AvgIpc) is 2.72. The molecule has 1 aromatic heterocycles. The molecule has 3 heteroatoms. The number of aryl methyl sites for hydroxylation is 3. The maximum absolute atomic E-state index is 11.2. The van der Waals surface area contributed by atoms with Crippen molar-refractivity contribution >= 4 is 16.9 Å². The van der Waals surface area contributed by atoms with Gasteiger partial charge >= 0.3 is 5.97 Å². The Kier molecular flexibility index (Phi) is 3.93. The molecule has 0 radical (unpaired) electrons. The lowest BCUT2D eigenvalue weighted by Crippen LogP contribution is -2.01. The summed E-state index contributed by atoms with van der Waals surface area (Å²) in [7, 11) is 0. The molecule has 19 heavy (non-hydrogen) atoms. The van der Waals surface area contributed by atoms with E-state index in [0.29, 0.717) is 5.56 Å². The van der Waals surface area contributed by atoms with Gasteiger partial charge < -0.3 is 9.67 Å². The van der Waals surface area contributed by atoms with Crippen LogP contribution in [0.25, 0.3) is 10.9 Å². The lowest BCUT2D eigenvalue weighted by molar-refractivity contribution is 0.0697. The van der Waals surface area contributed by atoms with Gasteiger partial charge in [-0.1, -0.05) is 20.3 Å². The number of hydrogen-bond donors (Lipinski definition) is 1. The van der Waals surface area contributed by atoms with Crippen molar-refractivity contribution in [3.63, 3.8) is 0 Å². The van der Waals surface area contributed by atoms with Gasteiger partial charge in [0.1, 0.15) is 0 Å². The summed E-state index contributed by atoms with van der Waals surface area (Å²) in [6, 6.07) is 3.61. The van der Waals surface area contributed by atoms with Crippen LogP contribution >= 0.6 is 0 Å². The van der Waals surface area contributed by atoms with Crippen molar-refractivity contribution in [2.45, 2.75) is 46.6 Å². The number of aromatic carboxylic acids is 1. The molecule has 102 valence electrons. The zero-order valence-corrected chi connectivity index (χ0v) is 11.9. The quantitative estimate of drug-likeness (QED) is 0.881. The summed E-state index contributed by atoms with van der Waals surface area (Å²) in [5.41, 5.74) is 3.88. The molecule has 3 nitrogen and oxygen atoms in total. The van der Waals surface area contributed by atoms with E-state index in [1.807, 2.05) is 6.07 Å². The molecule has 0 fully saturated rings. The second-order valence-corrected chi connectivity index (χ2v) is 5.05. The van der Waals surface area contributed by atoms with Gasteiger partial charge in [0.25, 0.3) is 0 Å². The van der Waals surface area contributed by atoms with Crippen LogP contribution in [0, 0.1) is 6.92 Å². The number of carboxylic acid groups (broad SMARTS) is 1. The van der Waals surface area contributed by atoms with Crippen molar-refractivity contribution in [3.05, 3.63) is 35.0 Å². The summed E-state index contributed by atoms with van der Waals surface area (Å²) in [5, 5.41) is 10.3. The van der Waals surface area contributed by atoms with Crippen molar-refractivity contribution in [1.29, 1.82) is 0 Å². The van der Waals surface area contributed by atoms with Gasteiger partial charge in [0, 0.05) is 18.1 Å². The van der Waals surface area contributed by atoms with Crippen LogP contribution in [0.1, 0.15) is 48.2 Å². The van der Waals surface area contributed by atoms with E-state index in [4.69, 9.17) is 0 Å². The Morgan fingerprint density at radius 1 is 1.32 bits per heavy atom. The van der Waals surface area contributed by atoms with Gasteiger partial charge in [-0.2, -0.15) is 0 Å².